The van der Waals surface area contributed by atoms with Crippen LogP contribution in [0.1, 0.15) is 50.9 Å². The summed E-state index contributed by atoms with van der Waals surface area (Å²) in [7, 11) is 3.90. The van der Waals surface area contributed by atoms with E-state index < -0.39 is 11.1 Å². The van der Waals surface area contributed by atoms with Crippen molar-refractivity contribution in [1.82, 2.24) is 5.06 Å². The second-order valence-corrected chi connectivity index (χ2v) is 7.76. The number of anilines is 1. The van der Waals surface area contributed by atoms with Crippen LogP contribution in [0.5, 0.6) is 0 Å². The fourth-order valence-corrected chi connectivity index (χ4v) is 3.37. The number of carbonyl (C=O) groups excluding carboxylic acids is 1. The molecule has 24 heavy (non-hydrogen) atoms. The molecule has 0 atom stereocenters. The molecule has 1 saturated heterocycles. The Kier molecular flexibility index (Phi) is 4.90. The van der Waals surface area contributed by atoms with Gasteiger partial charge in [-0.1, -0.05) is 5.16 Å². The van der Waals surface area contributed by atoms with E-state index in [4.69, 9.17) is 10.0 Å². The quantitative estimate of drug-likeness (QED) is 0.679. The SMILES string of the molecule is CN(C)c1ccc(C(=O)ON2C(C)(C)CC(=NO)CC2(C)C)cc1. The Morgan fingerprint density at radius 3 is 2.04 bits per heavy atom. The highest BCUT2D eigenvalue weighted by molar-refractivity contribution is 5.90. The van der Waals surface area contributed by atoms with Crippen molar-refractivity contribution in [3.05, 3.63) is 29.8 Å². The summed E-state index contributed by atoms with van der Waals surface area (Å²) in [5.41, 5.74) is 1.33. The minimum Gasteiger partial charge on any atom is -0.411 e. The average Bonchev–Trinajstić information content (AvgIpc) is 2.49. The molecule has 2 rings (SSSR count). The topological polar surface area (TPSA) is 65.4 Å². The van der Waals surface area contributed by atoms with Crippen molar-refractivity contribution in [3.63, 3.8) is 0 Å². The van der Waals surface area contributed by atoms with Crippen molar-refractivity contribution < 1.29 is 14.8 Å². The number of benzene rings is 1. The maximum Gasteiger partial charge on any atom is 0.357 e. The largest absolute Gasteiger partial charge is 0.411 e. The van der Waals surface area contributed by atoms with Crippen LogP contribution in [-0.2, 0) is 4.84 Å². The van der Waals surface area contributed by atoms with E-state index in [-0.39, 0.29) is 5.97 Å². The summed E-state index contributed by atoms with van der Waals surface area (Å²) in [6, 6.07) is 7.31. The first-order valence-electron chi connectivity index (χ1n) is 8.07. The Labute approximate surface area is 143 Å². The van der Waals surface area contributed by atoms with E-state index in [1.165, 1.54) is 0 Å². The summed E-state index contributed by atoms with van der Waals surface area (Å²) in [6.45, 7) is 7.89. The van der Waals surface area contributed by atoms with Crippen LogP contribution >= 0.6 is 0 Å². The number of hydroxylamine groups is 2. The fraction of sp³-hybridized carbons (Fsp3) is 0.556. The number of piperidine rings is 1. The van der Waals surface area contributed by atoms with Gasteiger partial charge >= 0.3 is 5.97 Å². The predicted octanol–water partition coefficient (Wildman–Crippen LogP) is 3.31. The van der Waals surface area contributed by atoms with Crippen LogP contribution in [-0.4, -0.2) is 47.1 Å². The van der Waals surface area contributed by atoms with E-state index in [0.29, 0.717) is 24.1 Å². The van der Waals surface area contributed by atoms with Gasteiger partial charge in [0.15, 0.2) is 0 Å². The molecule has 1 N–H and O–H groups in total. The van der Waals surface area contributed by atoms with Crippen molar-refractivity contribution in [2.24, 2.45) is 5.16 Å². The molecule has 0 bridgehead atoms. The fourth-order valence-electron chi connectivity index (χ4n) is 3.37. The van der Waals surface area contributed by atoms with Crippen LogP contribution in [0.4, 0.5) is 5.69 Å². The van der Waals surface area contributed by atoms with E-state index in [1.807, 2.05) is 58.8 Å². The number of oxime groups is 1. The Balaban J connectivity index is 2.20. The minimum atomic E-state index is -0.456. The zero-order chi connectivity index (χ0) is 18.1. The second-order valence-electron chi connectivity index (χ2n) is 7.76. The monoisotopic (exact) mass is 333 g/mol. The lowest BCUT2D eigenvalue weighted by atomic mass is 9.81. The van der Waals surface area contributed by atoms with Gasteiger partial charge in [0.2, 0.25) is 0 Å². The molecular weight excluding hydrogens is 306 g/mol. The first kappa shape index (κ1) is 18.3. The molecule has 6 nitrogen and oxygen atoms in total. The van der Waals surface area contributed by atoms with Gasteiger partial charge in [0.25, 0.3) is 0 Å². The molecule has 1 fully saturated rings. The molecule has 1 heterocycles. The molecule has 0 spiro atoms. The second kappa shape index (κ2) is 6.43. The smallest absolute Gasteiger partial charge is 0.357 e. The molecule has 1 aromatic rings. The van der Waals surface area contributed by atoms with Gasteiger partial charge in [-0.2, -0.15) is 0 Å². The molecular formula is C18H27N3O3. The van der Waals surface area contributed by atoms with Crippen LogP contribution in [0.3, 0.4) is 0 Å². The van der Waals surface area contributed by atoms with Gasteiger partial charge in [-0.05, 0) is 52.0 Å². The summed E-state index contributed by atoms with van der Waals surface area (Å²) in [4.78, 5) is 20.3. The van der Waals surface area contributed by atoms with Crippen molar-refractivity contribution in [1.29, 1.82) is 0 Å². The zero-order valence-electron chi connectivity index (χ0n) is 15.3. The summed E-state index contributed by atoms with van der Waals surface area (Å²) < 4.78 is 0. The lowest BCUT2D eigenvalue weighted by Crippen LogP contribution is -2.61. The van der Waals surface area contributed by atoms with Crippen molar-refractivity contribution in [2.45, 2.75) is 51.6 Å². The molecule has 0 saturated carbocycles. The first-order chi connectivity index (χ1) is 11.1. The number of hydrogen-bond donors (Lipinski definition) is 1. The third kappa shape index (κ3) is 3.70. The molecule has 0 radical (unpaired) electrons. The van der Waals surface area contributed by atoms with Crippen LogP contribution in [0.2, 0.25) is 0 Å². The summed E-state index contributed by atoms with van der Waals surface area (Å²) >= 11 is 0. The van der Waals surface area contributed by atoms with E-state index in [1.54, 1.807) is 17.2 Å². The van der Waals surface area contributed by atoms with Gasteiger partial charge in [-0.3, -0.25) is 0 Å². The highest BCUT2D eigenvalue weighted by Gasteiger charge is 2.47. The van der Waals surface area contributed by atoms with Gasteiger partial charge in [-0.25, -0.2) is 4.79 Å². The van der Waals surface area contributed by atoms with Crippen LogP contribution < -0.4 is 4.90 Å². The third-order valence-electron chi connectivity index (χ3n) is 4.31. The summed E-state index contributed by atoms with van der Waals surface area (Å²) in [5, 5.41) is 14.2. The number of rotatable bonds is 3. The molecule has 132 valence electrons. The van der Waals surface area contributed by atoms with Crippen LogP contribution in [0.25, 0.3) is 0 Å². The summed E-state index contributed by atoms with van der Waals surface area (Å²) in [5.74, 6) is -0.383. The average molecular weight is 333 g/mol. The molecule has 0 unspecified atom stereocenters. The lowest BCUT2D eigenvalue weighted by molar-refractivity contribution is -0.226. The Morgan fingerprint density at radius 2 is 1.62 bits per heavy atom. The zero-order valence-corrected chi connectivity index (χ0v) is 15.3. The van der Waals surface area contributed by atoms with Crippen molar-refractivity contribution in [3.8, 4) is 0 Å². The van der Waals surface area contributed by atoms with Gasteiger partial charge in [0.1, 0.15) is 0 Å². The minimum absolute atomic E-state index is 0.383. The maximum absolute atomic E-state index is 12.6. The predicted molar refractivity (Wildman–Crippen MR) is 94.6 cm³/mol. The molecule has 0 aliphatic carbocycles. The van der Waals surface area contributed by atoms with Gasteiger partial charge < -0.3 is 14.9 Å². The molecule has 0 aromatic heterocycles. The van der Waals surface area contributed by atoms with Gasteiger partial charge in [-0.15, -0.1) is 5.06 Å². The molecule has 1 aliphatic heterocycles. The lowest BCUT2D eigenvalue weighted by Gasteiger charge is -2.50. The Morgan fingerprint density at radius 1 is 1.12 bits per heavy atom. The number of carbonyl (C=O) groups is 1. The van der Waals surface area contributed by atoms with Gasteiger partial charge in [0.05, 0.1) is 22.4 Å². The van der Waals surface area contributed by atoms with Crippen molar-refractivity contribution in [2.75, 3.05) is 19.0 Å². The van der Waals surface area contributed by atoms with E-state index >= 15 is 0 Å². The molecule has 6 heteroatoms. The van der Waals surface area contributed by atoms with E-state index in [0.717, 1.165) is 5.69 Å². The molecule has 0 amide bonds. The normalized spacial score (nSPS) is 19.7. The Hall–Kier alpha value is -2.08. The highest BCUT2D eigenvalue weighted by atomic mass is 16.7. The summed E-state index contributed by atoms with van der Waals surface area (Å²) in [6.07, 6.45) is 1.08. The van der Waals surface area contributed by atoms with Crippen molar-refractivity contribution >= 4 is 17.4 Å². The van der Waals surface area contributed by atoms with E-state index in [9.17, 15) is 4.79 Å². The standard InChI is InChI=1S/C18H27N3O3/c1-17(2)11-14(19-23)12-18(3,4)21(17)24-16(22)13-7-9-15(10-8-13)20(5)6/h7-10,23H,11-12H2,1-6H3. The highest BCUT2D eigenvalue weighted by Crippen LogP contribution is 2.37. The third-order valence-corrected chi connectivity index (χ3v) is 4.31. The number of nitrogens with zero attached hydrogens (tertiary/aromatic N) is 3. The maximum atomic E-state index is 12.6. The Bertz CT molecular complexity index is 613. The van der Waals surface area contributed by atoms with Crippen LogP contribution in [0.15, 0.2) is 29.4 Å². The molecule has 1 aromatic carbocycles. The molecule has 1 aliphatic rings. The van der Waals surface area contributed by atoms with Gasteiger partial charge in [0, 0.05) is 32.6 Å². The van der Waals surface area contributed by atoms with Crippen LogP contribution in [0, 0.1) is 0 Å². The number of hydrogen-bond acceptors (Lipinski definition) is 6. The first-order valence-corrected chi connectivity index (χ1v) is 8.07. The van der Waals surface area contributed by atoms with E-state index in [2.05, 4.69) is 5.16 Å².